The number of hydrogen-bond acceptors (Lipinski definition) is 7. The maximum absolute atomic E-state index is 13.4. The van der Waals surface area contributed by atoms with E-state index in [0.717, 1.165) is 14.5 Å². The van der Waals surface area contributed by atoms with Crippen molar-refractivity contribution >= 4 is 48.5 Å². The molecule has 0 N–H and O–H groups in total. The van der Waals surface area contributed by atoms with Gasteiger partial charge in [-0.15, -0.1) is 0 Å². The number of carbonyl (C=O) groups is 2. The monoisotopic (exact) mass is 457 g/mol. The summed E-state index contributed by atoms with van der Waals surface area (Å²) in [5, 5.41) is 0.502. The molecule has 1 aliphatic carbocycles. The summed E-state index contributed by atoms with van der Waals surface area (Å²) in [5.74, 6) is -0.912. The highest BCUT2D eigenvalue weighted by molar-refractivity contribution is 7.90. The molecule has 31 heavy (non-hydrogen) atoms. The van der Waals surface area contributed by atoms with Gasteiger partial charge in [0, 0.05) is 18.7 Å². The Bertz CT molecular complexity index is 1280. The summed E-state index contributed by atoms with van der Waals surface area (Å²) in [6, 6.07) is 11.5. The number of aromatic nitrogens is 1. The van der Waals surface area contributed by atoms with Crippen LogP contribution in [0.5, 0.6) is 0 Å². The van der Waals surface area contributed by atoms with Crippen molar-refractivity contribution in [3.63, 3.8) is 0 Å². The second kappa shape index (κ2) is 7.40. The molecule has 0 saturated heterocycles. The molecule has 0 spiro atoms. The predicted molar refractivity (Wildman–Crippen MR) is 116 cm³/mol. The third-order valence-electron chi connectivity index (χ3n) is 5.35. The first-order chi connectivity index (χ1) is 14.9. The largest absolute Gasteiger partial charge is 0.383 e. The Hall–Kier alpha value is -2.82. The summed E-state index contributed by atoms with van der Waals surface area (Å²) in [4.78, 5) is 31.9. The van der Waals surface area contributed by atoms with Crippen LogP contribution in [0.2, 0.25) is 0 Å². The number of carbonyl (C=O) groups excluding carboxylic acids is 2. The Labute approximate surface area is 183 Å². The van der Waals surface area contributed by atoms with E-state index < -0.39 is 21.8 Å². The number of nitrogens with zero attached hydrogens (tertiary/aromatic N) is 3. The lowest BCUT2D eigenvalue weighted by Crippen LogP contribution is -2.34. The SMILES string of the molecule is COCCN(C(=O)c1ccc2c(c1)S(=O)(=O)N(C1CC1)C2=O)c1nc2ccccc2s1. The van der Waals surface area contributed by atoms with Crippen LogP contribution in [-0.2, 0) is 14.8 Å². The van der Waals surface area contributed by atoms with Gasteiger partial charge in [0.2, 0.25) is 0 Å². The lowest BCUT2D eigenvalue weighted by Gasteiger charge is -2.19. The molecule has 1 fully saturated rings. The molecule has 3 aromatic rings. The number of methoxy groups -OCH3 is 1. The fourth-order valence-corrected chi connectivity index (χ4v) is 6.48. The Kier molecular flexibility index (Phi) is 4.80. The number of ether oxygens (including phenoxy) is 1. The third-order valence-corrected chi connectivity index (χ3v) is 8.29. The smallest absolute Gasteiger partial charge is 0.269 e. The van der Waals surface area contributed by atoms with Gasteiger partial charge in [-0.1, -0.05) is 23.5 Å². The third kappa shape index (κ3) is 3.31. The van der Waals surface area contributed by atoms with Crippen molar-refractivity contribution in [2.75, 3.05) is 25.2 Å². The first kappa shape index (κ1) is 20.1. The van der Waals surface area contributed by atoms with Crippen LogP contribution in [0, 0.1) is 0 Å². The molecule has 2 heterocycles. The molecule has 5 rings (SSSR count). The van der Waals surface area contributed by atoms with Crippen molar-refractivity contribution in [2.45, 2.75) is 23.8 Å². The molecule has 0 atom stereocenters. The van der Waals surface area contributed by atoms with Gasteiger partial charge in [0.1, 0.15) is 4.90 Å². The maximum atomic E-state index is 13.4. The first-order valence-corrected chi connectivity index (χ1v) is 12.1. The molecule has 0 bridgehead atoms. The zero-order valence-corrected chi connectivity index (χ0v) is 18.3. The van der Waals surface area contributed by atoms with Gasteiger partial charge in [0.25, 0.3) is 21.8 Å². The Morgan fingerprint density at radius 1 is 1.26 bits per heavy atom. The highest BCUT2D eigenvalue weighted by Crippen LogP contribution is 2.40. The van der Waals surface area contributed by atoms with E-state index in [9.17, 15) is 18.0 Å². The summed E-state index contributed by atoms with van der Waals surface area (Å²) in [6.07, 6.45) is 1.35. The van der Waals surface area contributed by atoms with Crippen molar-refractivity contribution in [1.82, 2.24) is 9.29 Å². The quantitative estimate of drug-likeness (QED) is 0.565. The molecule has 0 radical (unpaired) electrons. The van der Waals surface area contributed by atoms with Crippen LogP contribution in [0.25, 0.3) is 10.2 Å². The minimum atomic E-state index is -3.94. The minimum Gasteiger partial charge on any atom is -0.383 e. The average molecular weight is 458 g/mol. The van der Waals surface area contributed by atoms with Crippen LogP contribution >= 0.6 is 11.3 Å². The lowest BCUT2D eigenvalue weighted by atomic mass is 10.1. The molecule has 1 aliphatic heterocycles. The van der Waals surface area contributed by atoms with Crippen molar-refractivity contribution in [1.29, 1.82) is 0 Å². The summed E-state index contributed by atoms with van der Waals surface area (Å²) < 4.78 is 32.9. The van der Waals surface area contributed by atoms with Crippen LogP contribution in [0.4, 0.5) is 5.13 Å². The van der Waals surface area contributed by atoms with Gasteiger partial charge in [0.15, 0.2) is 5.13 Å². The molecule has 8 nitrogen and oxygen atoms in total. The van der Waals surface area contributed by atoms with E-state index in [0.29, 0.717) is 24.6 Å². The molecule has 2 aliphatic rings. The van der Waals surface area contributed by atoms with Crippen LogP contribution in [0.3, 0.4) is 0 Å². The molecular weight excluding hydrogens is 438 g/mol. The number of amides is 2. The first-order valence-electron chi connectivity index (χ1n) is 9.81. The van der Waals surface area contributed by atoms with Crippen LogP contribution in [-0.4, -0.2) is 55.8 Å². The highest BCUT2D eigenvalue weighted by atomic mass is 32.2. The number of rotatable bonds is 6. The topological polar surface area (TPSA) is 96.9 Å². The second-order valence-corrected chi connectivity index (χ2v) is 10.3. The van der Waals surface area contributed by atoms with Crippen LogP contribution in [0.15, 0.2) is 47.4 Å². The van der Waals surface area contributed by atoms with Gasteiger partial charge in [-0.25, -0.2) is 17.7 Å². The summed E-state index contributed by atoms with van der Waals surface area (Å²) in [6.45, 7) is 0.547. The number of thiazole rings is 1. The average Bonchev–Trinajstić information content (AvgIpc) is 3.45. The molecule has 2 aromatic carbocycles. The lowest BCUT2D eigenvalue weighted by molar-refractivity contribution is 0.0864. The van der Waals surface area contributed by atoms with Crippen molar-refractivity contribution in [3.05, 3.63) is 53.6 Å². The number of benzene rings is 2. The van der Waals surface area contributed by atoms with Crippen molar-refractivity contribution in [2.24, 2.45) is 0 Å². The van der Waals surface area contributed by atoms with Crippen molar-refractivity contribution in [3.8, 4) is 0 Å². The normalized spacial score (nSPS) is 17.2. The van der Waals surface area contributed by atoms with Gasteiger partial charge in [0.05, 0.1) is 28.9 Å². The molecule has 160 valence electrons. The van der Waals surface area contributed by atoms with E-state index in [2.05, 4.69) is 4.98 Å². The van der Waals surface area contributed by atoms with E-state index in [1.165, 1.54) is 34.4 Å². The van der Waals surface area contributed by atoms with E-state index in [4.69, 9.17) is 4.74 Å². The summed E-state index contributed by atoms with van der Waals surface area (Å²) in [7, 11) is -2.40. The zero-order chi connectivity index (χ0) is 21.8. The second-order valence-electron chi connectivity index (χ2n) is 7.46. The van der Waals surface area contributed by atoms with Gasteiger partial charge in [-0.3, -0.25) is 14.5 Å². The van der Waals surface area contributed by atoms with Crippen LogP contribution < -0.4 is 4.90 Å². The van der Waals surface area contributed by atoms with E-state index >= 15 is 0 Å². The standard InChI is InChI=1S/C21H19N3O5S2/c1-29-11-10-23(21-22-16-4-2-3-5-17(16)30-21)19(25)13-6-9-15-18(12-13)31(27,28)24(20(15)26)14-7-8-14/h2-6,9,12,14H,7-8,10-11H2,1H3. The molecule has 2 amide bonds. The van der Waals surface area contributed by atoms with Gasteiger partial charge in [-0.05, 0) is 43.2 Å². The van der Waals surface area contributed by atoms with E-state index in [1.54, 1.807) is 7.11 Å². The number of fused-ring (bicyclic) bond motifs is 2. The number of hydrogen-bond donors (Lipinski definition) is 0. The molecular formula is C21H19N3O5S2. The summed E-state index contributed by atoms with van der Waals surface area (Å²) in [5.41, 5.74) is 1.08. The number of sulfonamides is 1. The Balaban J connectivity index is 1.53. The van der Waals surface area contributed by atoms with Gasteiger partial charge in [-0.2, -0.15) is 0 Å². The van der Waals surface area contributed by atoms with Crippen molar-refractivity contribution < 1.29 is 22.7 Å². The molecule has 1 saturated carbocycles. The Morgan fingerprint density at radius 2 is 2.03 bits per heavy atom. The van der Waals surface area contributed by atoms with Crippen LogP contribution in [0.1, 0.15) is 33.6 Å². The Morgan fingerprint density at radius 3 is 2.74 bits per heavy atom. The highest BCUT2D eigenvalue weighted by Gasteiger charge is 2.49. The summed E-state index contributed by atoms with van der Waals surface area (Å²) >= 11 is 1.37. The predicted octanol–water partition coefficient (Wildman–Crippen LogP) is 2.90. The van der Waals surface area contributed by atoms with E-state index in [1.807, 2.05) is 24.3 Å². The zero-order valence-electron chi connectivity index (χ0n) is 16.6. The maximum Gasteiger partial charge on any atom is 0.269 e. The fraction of sp³-hybridized carbons (Fsp3) is 0.286. The van der Waals surface area contributed by atoms with Gasteiger partial charge >= 0.3 is 0 Å². The van der Waals surface area contributed by atoms with E-state index in [-0.39, 0.29) is 28.6 Å². The van der Waals surface area contributed by atoms with Gasteiger partial charge < -0.3 is 4.74 Å². The fourth-order valence-electron chi connectivity index (χ4n) is 3.65. The minimum absolute atomic E-state index is 0.105. The number of para-hydroxylation sites is 1. The number of anilines is 1. The molecule has 10 heteroatoms. The molecule has 0 unspecified atom stereocenters. The molecule has 1 aromatic heterocycles.